The number of carbonyl (C=O) groups is 1. The monoisotopic (exact) mass is 480 g/mol. The van der Waals surface area contributed by atoms with Crippen molar-refractivity contribution in [3.8, 4) is 11.5 Å². The van der Waals surface area contributed by atoms with Gasteiger partial charge in [-0.15, -0.1) is 0 Å². The summed E-state index contributed by atoms with van der Waals surface area (Å²) in [6.07, 6.45) is -0.310. The van der Waals surface area contributed by atoms with Crippen molar-refractivity contribution >= 4 is 27.4 Å². The molecule has 0 radical (unpaired) electrons. The molecule has 2 aliphatic rings. The number of Topliss-reactive ketones (excluding diaryl/α,β-unsaturated/α-hetero) is 1. The lowest BCUT2D eigenvalue weighted by atomic mass is 9.96. The molecule has 5 rings (SSSR count). The summed E-state index contributed by atoms with van der Waals surface area (Å²) in [5.74, 6) is 0.842. The van der Waals surface area contributed by atoms with Crippen LogP contribution in [-0.2, 0) is 0 Å². The van der Waals surface area contributed by atoms with E-state index in [9.17, 15) is 9.18 Å². The molecule has 0 aromatic heterocycles. The number of fused-ring (bicyclic) bond motifs is 3. The SMILES string of the molecule is COc1ccc(C(=O)[C@H]2Oc3ccc(Br)cc3[C@H]3CC(c4ccc(F)cc4)=NN23)cc1. The van der Waals surface area contributed by atoms with Gasteiger partial charge in [0.15, 0.2) is 0 Å². The Bertz CT molecular complexity index is 1180. The summed E-state index contributed by atoms with van der Waals surface area (Å²) in [5.41, 5.74) is 3.07. The van der Waals surface area contributed by atoms with Gasteiger partial charge in [0.25, 0.3) is 6.23 Å². The van der Waals surface area contributed by atoms with Gasteiger partial charge in [0.05, 0.1) is 18.9 Å². The van der Waals surface area contributed by atoms with Crippen molar-refractivity contribution < 1.29 is 18.7 Å². The summed E-state index contributed by atoms with van der Waals surface area (Å²) in [5, 5.41) is 6.46. The van der Waals surface area contributed by atoms with Gasteiger partial charge in [0.1, 0.15) is 17.3 Å². The van der Waals surface area contributed by atoms with Crippen LogP contribution in [0.2, 0.25) is 0 Å². The van der Waals surface area contributed by atoms with E-state index in [0.717, 1.165) is 21.3 Å². The van der Waals surface area contributed by atoms with Crippen LogP contribution in [-0.4, -0.2) is 29.8 Å². The van der Waals surface area contributed by atoms with Crippen LogP contribution in [0.15, 0.2) is 76.3 Å². The third-order valence-electron chi connectivity index (χ3n) is 5.53. The van der Waals surface area contributed by atoms with E-state index < -0.39 is 6.23 Å². The smallest absolute Gasteiger partial charge is 0.251 e. The zero-order valence-electron chi connectivity index (χ0n) is 16.6. The van der Waals surface area contributed by atoms with E-state index in [-0.39, 0.29) is 17.6 Å². The lowest BCUT2D eigenvalue weighted by molar-refractivity contribution is -0.00459. The number of methoxy groups -OCH3 is 1. The lowest BCUT2D eigenvalue weighted by Crippen LogP contribution is -2.45. The molecule has 7 heteroatoms. The highest BCUT2D eigenvalue weighted by atomic mass is 79.9. The molecule has 0 bridgehead atoms. The second-order valence-electron chi connectivity index (χ2n) is 7.40. The molecule has 0 spiro atoms. The number of nitrogens with zero attached hydrogens (tertiary/aromatic N) is 2. The normalized spacial score (nSPS) is 19.2. The number of carbonyl (C=O) groups excluding carboxylic acids is 1. The van der Waals surface area contributed by atoms with Crippen LogP contribution in [0.1, 0.15) is 33.9 Å². The number of hydrogen-bond acceptors (Lipinski definition) is 5. The fourth-order valence-corrected chi connectivity index (χ4v) is 4.32. The molecule has 3 aromatic carbocycles. The molecule has 2 heterocycles. The third kappa shape index (κ3) is 3.59. The van der Waals surface area contributed by atoms with Gasteiger partial charge < -0.3 is 9.47 Å². The zero-order valence-corrected chi connectivity index (χ0v) is 18.2. The third-order valence-corrected chi connectivity index (χ3v) is 6.02. The Morgan fingerprint density at radius 1 is 1.13 bits per heavy atom. The highest BCUT2D eigenvalue weighted by Gasteiger charge is 2.43. The summed E-state index contributed by atoms with van der Waals surface area (Å²) < 4.78 is 25.6. The van der Waals surface area contributed by atoms with E-state index in [1.165, 1.54) is 12.1 Å². The molecule has 0 N–H and O–H groups in total. The Morgan fingerprint density at radius 3 is 2.58 bits per heavy atom. The van der Waals surface area contributed by atoms with Crippen molar-refractivity contribution in [1.29, 1.82) is 0 Å². The highest BCUT2D eigenvalue weighted by molar-refractivity contribution is 9.10. The maximum absolute atomic E-state index is 13.4. The summed E-state index contributed by atoms with van der Waals surface area (Å²) in [7, 11) is 1.58. The van der Waals surface area contributed by atoms with E-state index in [0.29, 0.717) is 23.5 Å². The molecule has 0 saturated heterocycles. The van der Waals surface area contributed by atoms with Gasteiger partial charge in [0, 0.05) is 22.0 Å². The number of benzene rings is 3. The van der Waals surface area contributed by atoms with Crippen molar-refractivity contribution in [2.45, 2.75) is 18.7 Å². The van der Waals surface area contributed by atoms with Crippen molar-refractivity contribution in [3.63, 3.8) is 0 Å². The Labute approximate surface area is 187 Å². The molecule has 156 valence electrons. The fourth-order valence-electron chi connectivity index (χ4n) is 3.95. The Morgan fingerprint density at radius 2 is 1.87 bits per heavy atom. The van der Waals surface area contributed by atoms with Gasteiger partial charge in [-0.25, -0.2) is 9.40 Å². The molecule has 0 aliphatic carbocycles. The first-order chi connectivity index (χ1) is 15.0. The second-order valence-corrected chi connectivity index (χ2v) is 8.31. The Balaban J connectivity index is 1.55. The number of rotatable bonds is 4. The van der Waals surface area contributed by atoms with E-state index in [1.807, 2.05) is 18.2 Å². The van der Waals surface area contributed by atoms with E-state index in [4.69, 9.17) is 14.6 Å². The molecule has 0 unspecified atom stereocenters. The average Bonchev–Trinajstić information content (AvgIpc) is 3.24. The molecular weight excluding hydrogens is 463 g/mol. The molecule has 31 heavy (non-hydrogen) atoms. The van der Waals surface area contributed by atoms with Gasteiger partial charge in [0.2, 0.25) is 5.78 Å². The first-order valence-electron chi connectivity index (χ1n) is 9.79. The van der Waals surface area contributed by atoms with Crippen LogP contribution in [0, 0.1) is 5.82 Å². The maximum Gasteiger partial charge on any atom is 0.251 e. The fraction of sp³-hybridized carbons (Fsp3) is 0.167. The molecule has 5 nitrogen and oxygen atoms in total. The number of halogens is 2. The van der Waals surface area contributed by atoms with Crippen molar-refractivity contribution in [1.82, 2.24) is 5.01 Å². The molecule has 0 amide bonds. The molecular formula is C24H18BrFN2O3. The number of ether oxygens (including phenoxy) is 2. The lowest BCUT2D eigenvalue weighted by Gasteiger charge is -2.37. The van der Waals surface area contributed by atoms with Crippen LogP contribution in [0.3, 0.4) is 0 Å². The maximum atomic E-state index is 13.4. The second kappa shape index (κ2) is 7.81. The summed E-state index contributed by atoms with van der Waals surface area (Å²) >= 11 is 3.52. The first kappa shape index (κ1) is 19.8. The molecule has 2 atom stereocenters. The van der Waals surface area contributed by atoms with Gasteiger partial charge in [-0.1, -0.05) is 28.1 Å². The van der Waals surface area contributed by atoms with E-state index in [2.05, 4.69) is 15.9 Å². The quantitative estimate of drug-likeness (QED) is 0.472. The van der Waals surface area contributed by atoms with E-state index >= 15 is 0 Å². The van der Waals surface area contributed by atoms with Crippen molar-refractivity contribution in [2.75, 3.05) is 7.11 Å². The van der Waals surface area contributed by atoms with Gasteiger partial charge in [-0.05, 0) is 60.2 Å². The van der Waals surface area contributed by atoms with Gasteiger partial charge in [-0.3, -0.25) is 4.79 Å². The predicted molar refractivity (Wildman–Crippen MR) is 118 cm³/mol. The largest absolute Gasteiger partial charge is 0.497 e. The Kier molecular flexibility index (Phi) is 4.98. The average molecular weight is 481 g/mol. The number of hydrazone groups is 1. The van der Waals surface area contributed by atoms with Crippen LogP contribution in [0.4, 0.5) is 4.39 Å². The van der Waals surface area contributed by atoms with E-state index in [1.54, 1.807) is 48.5 Å². The van der Waals surface area contributed by atoms with Crippen LogP contribution >= 0.6 is 15.9 Å². The van der Waals surface area contributed by atoms with Crippen LogP contribution in [0.5, 0.6) is 11.5 Å². The summed E-state index contributed by atoms with van der Waals surface area (Å²) in [4.78, 5) is 13.4. The molecule has 0 fully saturated rings. The first-order valence-corrected chi connectivity index (χ1v) is 10.6. The van der Waals surface area contributed by atoms with Gasteiger partial charge in [-0.2, -0.15) is 5.10 Å². The predicted octanol–water partition coefficient (Wildman–Crippen LogP) is 5.35. The Hall–Kier alpha value is -3.19. The van der Waals surface area contributed by atoms with Crippen molar-refractivity contribution in [2.24, 2.45) is 5.10 Å². The minimum atomic E-state index is -0.898. The topological polar surface area (TPSA) is 51.1 Å². The summed E-state index contributed by atoms with van der Waals surface area (Å²) in [6.45, 7) is 0. The molecule has 0 saturated carbocycles. The highest BCUT2D eigenvalue weighted by Crippen LogP contribution is 2.44. The van der Waals surface area contributed by atoms with Crippen LogP contribution < -0.4 is 9.47 Å². The zero-order chi connectivity index (χ0) is 21.5. The minimum Gasteiger partial charge on any atom is -0.497 e. The molecule has 3 aromatic rings. The minimum absolute atomic E-state index is 0.159. The molecule has 2 aliphatic heterocycles. The standard InChI is InChI=1S/C24H18BrFN2O3/c1-30-18-9-4-15(5-10-18)23(29)24-28-21(19-12-16(25)6-11-22(19)31-24)13-20(27-28)14-2-7-17(26)8-3-14/h2-12,21,24H,13H2,1H3/t21-,24-/m1/s1. The van der Waals surface area contributed by atoms with Gasteiger partial charge >= 0.3 is 0 Å². The summed E-state index contributed by atoms with van der Waals surface area (Å²) in [6, 6.07) is 18.7. The van der Waals surface area contributed by atoms with Crippen molar-refractivity contribution in [3.05, 3.63) is 93.7 Å². The van der Waals surface area contributed by atoms with Crippen LogP contribution in [0.25, 0.3) is 0 Å². The number of ketones is 1. The number of hydrogen-bond donors (Lipinski definition) is 0.